The monoisotopic (exact) mass is 271 g/mol. The molecule has 0 aliphatic carbocycles. The highest BCUT2D eigenvalue weighted by Gasteiger charge is 2.31. The topological polar surface area (TPSA) is 44.5 Å². The first-order valence-electron chi connectivity index (χ1n) is 4.52. The maximum absolute atomic E-state index is 11.9. The molecule has 0 heterocycles. The summed E-state index contributed by atoms with van der Waals surface area (Å²) in [5, 5.41) is 0. The Labute approximate surface area is 103 Å². The molecule has 0 aliphatic rings. The third-order valence-electron chi connectivity index (χ3n) is 1.93. The van der Waals surface area contributed by atoms with Crippen molar-refractivity contribution in [3.63, 3.8) is 0 Å². The first-order chi connectivity index (χ1) is 7.33. The molecule has 98 valence electrons. The number of ether oxygens (including phenoxy) is 2. The maximum atomic E-state index is 11.9. The second-order valence-corrected chi connectivity index (χ2v) is 3.24. The van der Waals surface area contributed by atoms with Crippen molar-refractivity contribution in [3.8, 4) is 11.5 Å². The van der Waals surface area contributed by atoms with E-state index in [0.29, 0.717) is 5.56 Å². The van der Waals surface area contributed by atoms with E-state index in [0.717, 1.165) is 6.07 Å². The largest absolute Gasteiger partial charge is 0.573 e. The van der Waals surface area contributed by atoms with Crippen LogP contribution in [0.2, 0.25) is 0 Å². The molecule has 0 unspecified atom stereocenters. The number of hydrogen-bond acceptors (Lipinski definition) is 3. The zero-order valence-corrected chi connectivity index (χ0v) is 10.1. The fraction of sp³-hybridized carbons (Fsp3) is 0.400. The van der Waals surface area contributed by atoms with Gasteiger partial charge in [-0.3, -0.25) is 0 Å². The summed E-state index contributed by atoms with van der Waals surface area (Å²) < 4.78 is 44.5. The summed E-state index contributed by atoms with van der Waals surface area (Å²) in [4.78, 5) is 0. The van der Waals surface area contributed by atoms with Gasteiger partial charge in [-0.2, -0.15) is 0 Å². The Bertz CT molecular complexity index is 369. The van der Waals surface area contributed by atoms with Crippen molar-refractivity contribution < 1.29 is 22.6 Å². The van der Waals surface area contributed by atoms with Gasteiger partial charge in [0.15, 0.2) is 0 Å². The zero-order chi connectivity index (χ0) is 12.3. The molecule has 1 aromatic rings. The average molecular weight is 272 g/mol. The molecule has 17 heavy (non-hydrogen) atoms. The van der Waals surface area contributed by atoms with E-state index >= 15 is 0 Å². The van der Waals surface area contributed by atoms with Gasteiger partial charge in [0.2, 0.25) is 0 Å². The van der Waals surface area contributed by atoms with Crippen molar-refractivity contribution >= 4 is 12.4 Å². The molecule has 0 aromatic heterocycles. The molecule has 0 bridgehead atoms. The van der Waals surface area contributed by atoms with E-state index in [4.69, 9.17) is 10.5 Å². The molecule has 0 saturated carbocycles. The highest BCUT2D eigenvalue weighted by atomic mass is 35.5. The van der Waals surface area contributed by atoms with Gasteiger partial charge in [-0.05, 0) is 13.0 Å². The van der Waals surface area contributed by atoms with Crippen molar-refractivity contribution in [2.75, 3.05) is 7.11 Å². The molecule has 0 spiro atoms. The third-order valence-corrected chi connectivity index (χ3v) is 1.93. The van der Waals surface area contributed by atoms with Crippen molar-refractivity contribution in [2.45, 2.75) is 19.3 Å². The van der Waals surface area contributed by atoms with Crippen LogP contribution in [0.3, 0.4) is 0 Å². The number of nitrogens with two attached hydrogens (primary N) is 1. The van der Waals surface area contributed by atoms with Crippen molar-refractivity contribution in [3.05, 3.63) is 23.8 Å². The Morgan fingerprint density at radius 1 is 1.29 bits per heavy atom. The predicted molar refractivity (Wildman–Crippen MR) is 59.5 cm³/mol. The van der Waals surface area contributed by atoms with Crippen LogP contribution in [0.15, 0.2) is 18.2 Å². The second kappa shape index (κ2) is 5.97. The number of methoxy groups -OCH3 is 1. The molecule has 2 N–H and O–H groups in total. The van der Waals surface area contributed by atoms with E-state index in [-0.39, 0.29) is 29.9 Å². The lowest BCUT2D eigenvalue weighted by Crippen LogP contribution is -2.17. The smallest absolute Gasteiger partial charge is 0.496 e. The first kappa shape index (κ1) is 15.9. The minimum atomic E-state index is -4.71. The molecule has 1 rings (SSSR count). The number of hydrogen-bond donors (Lipinski definition) is 1. The minimum Gasteiger partial charge on any atom is -0.496 e. The van der Waals surface area contributed by atoms with E-state index in [1.807, 2.05) is 0 Å². The number of rotatable bonds is 3. The molecule has 0 saturated heterocycles. The summed E-state index contributed by atoms with van der Waals surface area (Å²) in [6.07, 6.45) is -4.71. The van der Waals surface area contributed by atoms with Gasteiger partial charge >= 0.3 is 6.36 Å². The van der Waals surface area contributed by atoms with Gasteiger partial charge < -0.3 is 15.2 Å². The van der Waals surface area contributed by atoms with Crippen LogP contribution >= 0.6 is 12.4 Å². The molecular formula is C10H13ClF3NO2. The summed E-state index contributed by atoms with van der Waals surface area (Å²) in [5.74, 6) is -0.0505. The first-order valence-corrected chi connectivity index (χ1v) is 4.52. The summed E-state index contributed by atoms with van der Waals surface area (Å²) >= 11 is 0. The van der Waals surface area contributed by atoms with Crippen LogP contribution in [0.1, 0.15) is 18.5 Å². The Balaban J connectivity index is 0.00000256. The Morgan fingerprint density at radius 2 is 1.88 bits per heavy atom. The second-order valence-electron chi connectivity index (χ2n) is 3.24. The van der Waals surface area contributed by atoms with Crippen LogP contribution in [0.25, 0.3) is 0 Å². The minimum absolute atomic E-state index is 0. The lowest BCUT2D eigenvalue weighted by Gasteiger charge is -2.14. The summed E-state index contributed by atoms with van der Waals surface area (Å²) in [5.41, 5.74) is 6.25. The van der Waals surface area contributed by atoms with Gasteiger partial charge in [0.05, 0.1) is 7.11 Å². The number of halogens is 4. The summed E-state index contributed by atoms with van der Waals surface area (Å²) in [6.45, 7) is 1.71. The molecule has 7 heteroatoms. The quantitative estimate of drug-likeness (QED) is 0.919. The average Bonchev–Trinajstić information content (AvgIpc) is 2.14. The highest BCUT2D eigenvalue weighted by molar-refractivity contribution is 5.85. The number of alkyl halides is 3. The lowest BCUT2D eigenvalue weighted by molar-refractivity contribution is -0.274. The maximum Gasteiger partial charge on any atom is 0.573 e. The molecule has 0 aliphatic heterocycles. The molecule has 1 atom stereocenters. The Hall–Kier alpha value is -1.14. The van der Waals surface area contributed by atoms with E-state index in [9.17, 15) is 13.2 Å². The summed E-state index contributed by atoms with van der Waals surface area (Å²) in [6, 6.07) is 3.49. The number of benzene rings is 1. The molecule has 0 amide bonds. The van der Waals surface area contributed by atoms with Crippen molar-refractivity contribution in [1.29, 1.82) is 0 Å². The Kier molecular flexibility index (Phi) is 5.57. The molecule has 0 radical (unpaired) electrons. The van der Waals surface area contributed by atoms with Gasteiger partial charge in [0.25, 0.3) is 0 Å². The fourth-order valence-electron chi connectivity index (χ4n) is 1.26. The van der Waals surface area contributed by atoms with Gasteiger partial charge in [-0.15, -0.1) is 25.6 Å². The molecule has 1 aromatic carbocycles. The normalized spacial score (nSPS) is 12.6. The van der Waals surface area contributed by atoms with Crippen LogP contribution in [0.4, 0.5) is 13.2 Å². The van der Waals surface area contributed by atoms with E-state index in [1.165, 1.54) is 19.2 Å². The standard InChI is InChI=1S/C10H12F3NO2.ClH/c1-6(14)8-4-3-7(5-9(8)15-2)16-10(11,12)13;/h3-6H,14H2,1-2H3;1H/t6-;/m1./s1. The van der Waals surface area contributed by atoms with E-state index < -0.39 is 6.36 Å². The molecule has 3 nitrogen and oxygen atoms in total. The van der Waals surface area contributed by atoms with Gasteiger partial charge in [0.1, 0.15) is 11.5 Å². The van der Waals surface area contributed by atoms with Crippen LogP contribution in [-0.2, 0) is 0 Å². The SMILES string of the molecule is COc1cc(OC(F)(F)F)ccc1[C@@H](C)N.Cl. The van der Waals surface area contributed by atoms with Crippen molar-refractivity contribution in [2.24, 2.45) is 5.73 Å². The van der Waals surface area contributed by atoms with Crippen LogP contribution in [-0.4, -0.2) is 13.5 Å². The summed E-state index contributed by atoms with van der Waals surface area (Å²) in [7, 11) is 1.36. The lowest BCUT2D eigenvalue weighted by atomic mass is 10.1. The van der Waals surface area contributed by atoms with Crippen LogP contribution in [0.5, 0.6) is 11.5 Å². The van der Waals surface area contributed by atoms with E-state index in [2.05, 4.69) is 4.74 Å². The van der Waals surface area contributed by atoms with Crippen LogP contribution < -0.4 is 15.2 Å². The van der Waals surface area contributed by atoms with Gasteiger partial charge in [-0.1, -0.05) is 6.07 Å². The van der Waals surface area contributed by atoms with Gasteiger partial charge in [-0.25, -0.2) is 0 Å². The highest BCUT2D eigenvalue weighted by Crippen LogP contribution is 2.31. The zero-order valence-electron chi connectivity index (χ0n) is 9.25. The predicted octanol–water partition coefficient (Wildman–Crippen LogP) is 3.04. The fourth-order valence-corrected chi connectivity index (χ4v) is 1.26. The Morgan fingerprint density at radius 3 is 2.29 bits per heavy atom. The molecule has 0 fully saturated rings. The van der Waals surface area contributed by atoms with Gasteiger partial charge in [0, 0.05) is 17.7 Å². The molecular weight excluding hydrogens is 259 g/mol. The van der Waals surface area contributed by atoms with Crippen molar-refractivity contribution in [1.82, 2.24) is 0 Å². The third kappa shape index (κ3) is 4.70. The van der Waals surface area contributed by atoms with E-state index in [1.54, 1.807) is 6.92 Å². The van der Waals surface area contributed by atoms with Crippen LogP contribution in [0, 0.1) is 0 Å².